The Labute approximate surface area is 121 Å². The Morgan fingerprint density at radius 2 is 1.75 bits per heavy atom. The van der Waals surface area contributed by atoms with E-state index in [-0.39, 0.29) is 6.03 Å². The van der Waals surface area contributed by atoms with Gasteiger partial charge in [0.25, 0.3) is 0 Å². The van der Waals surface area contributed by atoms with Crippen molar-refractivity contribution >= 4 is 12.0 Å². The van der Waals surface area contributed by atoms with Gasteiger partial charge in [-0.05, 0) is 25.7 Å². The number of nitrogens with zero attached hydrogens (tertiary/aromatic N) is 2. The Balaban J connectivity index is 2.23. The quantitative estimate of drug-likeness (QED) is 0.720. The maximum Gasteiger partial charge on any atom is 0.320 e. The molecule has 2 N–H and O–H groups in total. The van der Waals surface area contributed by atoms with Gasteiger partial charge in [-0.25, -0.2) is 4.79 Å². The summed E-state index contributed by atoms with van der Waals surface area (Å²) in [5.41, 5.74) is 0. The van der Waals surface area contributed by atoms with Crippen molar-refractivity contribution in [2.75, 3.05) is 32.7 Å². The predicted molar refractivity (Wildman–Crippen MR) is 77.7 cm³/mol. The van der Waals surface area contributed by atoms with E-state index in [1.54, 1.807) is 11.8 Å². The number of aliphatic carboxylic acids is 1. The van der Waals surface area contributed by atoms with Crippen molar-refractivity contribution in [3.05, 3.63) is 0 Å². The number of hydrogen-bond donors (Lipinski definition) is 2. The molecule has 6 nitrogen and oxygen atoms in total. The van der Waals surface area contributed by atoms with Crippen LogP contribution in [0.15, 0.2) is 0 Å². The number of nitrogens with one attached hydrogen (secondary N) is 1. The number of carboxylic acids is 1. The summed E-state index contributed by atoms with van der Waals surface area (Å²) >= 11 is 0. The van der Waals surface area contributed by atoms with Gasteiger partial charge in [0.15, 0.2) is 0 Å². The summed E-state index contributed by atoms with van der Waals surface area (Å²) in [6.45, 7) is 9.16. The molecule has 1 saturated heterocycles. The van der Waals surface area contributed by atoms with E-state index in [2.05, 4.69) is 19.2 Å². The summed E-state index contributed by atoms with van der Waals surface area (Å²) in [5, 5.41) is 11.9. The van der Waals surface area contributed by atoms with Gasteiger partial charge in [0.1, 0.15) is 6.04 Å². The van der Waals surface area contributed by atoms with E-state index in [1.165, 1.54) is 0 Å². The first kappa shape index (κ1) is 16.8. The van der Waals surface area contributed by atoms with Crippen LogP contribution in [0.3, 0.4) is 0 Å². The second kappa shape index (κ2) is 8.09. The Morgan fingerprint density at radius 1 is 1.15 bits per heavy atom. The fourth-order valence-corrected chi connectivity index (χ4v) is 2.29. The molecule has 0 aliphatic carbocycles. The average molecular weight is 285 g/mol. The van der Waals surface area contributed by atoms with Crippen LogP contribution in [0.4, 0.5) is 4.79 Å². The SMILES string of the molecule is CC(C)CCCNC(=O)N1CCN(C(C)C(=O)O)CC1. The van der Waals surface area contributed by atoms with Gasteiger partial charge in [-0.2, -0.15) is 0 Å². The zero-order chi connectivity index (χ0) is 15.1. The number of piperazine rings is 1. The highest BCUT2D eigenvalue weighted by molar-refractivity contribution is 5.74. The van der Waals surface area contributed by atoms with E-state index in [9.17, 15) is 9.59 Å². The van der Waals surface area contributed by atoms with E-state index in [4.69, 9.17) is 5.11 Å². The van der Waals surface area contributed by atoms with Crippen LogP contribution in [0.25, 0.3) is 0 Å². The van der Waals surface area contributed by atoms with E-state index >= 15 is 0 Å². The third-order valence-electron chi connectivity index (χ3n) is 3.74. The van der Waals surface area contributed by atoms with Crippen molar-refractivity contribution in [1.82, 2.24) is 15.1 Å². The standard InChI is InChI=1S/C14H27N3O3/c1-11(2)5-4-6-15-14(20)17-9-7-16(8-10-17)12(3)13(18)19/h11-12H,4-10H2,1-3H3,(H,15,20)(H,18,19). The third kappa shape index (κ3) is 5.36. The largest absolute Gasteiger partial charge is 0.480 e. The Bertz CT molecular complexity index is 326. The first-order valence-corrected chi connectivity index (χ1v) is 7.41. The van der Waals surface area contributed by atoms with E-state index < -0.39 is 12.0 Å². The molecule has 116 valence electrons. The highest BCUT2D eigenvalue weighted by atomic mass is 16.4. The molecule has 1 fully saturated rings. The molecule has 2 amide bonds. The van der Waals surface area contributed by atoms with E-state index in [1.807, 2.05) is 4.90 Å². The minimum atomic E-state index is -0.809. The van der Waals surface area contributed by atoms with Gasteiger partial charge in [-0.1, -0.05) is 13.8 Å². The Morgan fingerprint density at radius 3 is 2.25 bits per heavy atom. The zero-order valence-corrected chi connectivity index (χ0v) is 12.8. The number of amides is 2. The van der Waals surface area contributed by atoms with E-state index in [0.29, 0.717) is 38.6 Å². The molecular formula is C14H27N3O3. The van der Waals surface area contributed by atoms with Crippen molar-refractivity contribution < 1.29 is 14.7 Å². The second-order valence-corrected chi connectivity index (χ2v) is 5.81. The lowest BCUT2D eigenvalue weighted by molar-refractivity contribution is -0.143. The molecular weight excluding hydrogens is 258 g/mol. The van der Waals surface area contributed by atoms with E-state index in [0.717, 1.165) is 12.8 Å². The highest BCUT2D eigenvalue weighted by Crippen LogP contribution is 2.07. The molecule has 6 heteroatoms. The molecule has 1 unspecified atom stereocenters. The molecule has 0 aromatic carbocycles. The minimum Gasteiger partial charge on any atom is -0.480 e. The molecule has 20 heavy (non-hydrogen) atoms. The maximum absolute atomic E-state index is 11.9. The molecule has 1 atom stereocenters. The fraction of sp³-hybridized carbons (Fsp3) is 0.857. The Hall–Kier alpha value is -1.30. The molecule has 0 aromatic rings. The van der Waals surface area contributed by atoms with Gasteiger partial charge in [0.05, 0.1) is 0 Å². The van der Waals surface area contributed by atoms with Crippen LogP contribution in [-0.2, 0) is 4.79 Å². The number of hydrogen-bond acceptors (Lipinski definition) is 3. The van der Waals surface area contributed by atoms with Crippen molar-refractivity contribution in [3.8, 4) is 0 Å². The van der Waals surface area contributed by atoms with Gasteiger partial charge < -0.3 is 15.3 Å². The normalized spacial score (nSPS) is 18.1. The predicted octanol–water partition coefficient (Wildman–Crippen LogP) is 1.22. The molecule has 0 aromatic heterocycles. The molecule has 1 rings (SSSR count). The summed E-state index contributed by atoms with van der Waals surface area (Å²) in [6.07, 6.45) is 2.11. The van der Waals surface area contributed by atoms with Crippen LogP contribution in [0.5, 0.6) is 0 Å². The van der Waals surface area contributed by atoms with Gasteiger partial charge in [-0.3, -0.25) is 9.69 Å². The monoisotopic (exact) mass is 285 g/mol. The van der Waals surface area contributed by atoms with Crippen molar-refractivity contribution in [1.29, 1.82) is 0 Å². The van der Waals surface area contributed by atoms with Crippen molar-refractivity contribution in [2.24, 2.45) is 5.92 Å². The molecule has 0 bridgehead atoms. The average Bonchev–Trinajstić information content (AvgIpc) is 2.42. The van der Waals surface area contributed by atoms with Crippen molar-refractivity contribution in [3.63, 3.8) is 0 Å². The van der Waals surface area contributed by atoms with Gasteiger partial charge >= 0.3 is 12.0 Å². The van der Waals surface area contributed by atoms with Gasteiger partial charge in [0.2, 0.25) is 0 Å². The number of carboxylic acid groups (broad SMARTS) is 1. The van der Waals surface area contributed by atoms with Crippen LogP contribution in [0, 0.1) is 5.92 Å². The molecule has 0 radical (unpaired) electrons. The van der Waals surface area contributed by atoms with Crippen LogP contribution in [0.1, 0.15) is 33.6 Å². The van der Waals surface area contributed by atoms with Crippen LogP contribution < -0.4 is 5.32 Å². The summed E-state index contributed by atoms with van der Waals surface area (Å²) in [6, 6.07) is -0.511. The second-order valence-electron chi connectivity index (χ2n) is 5.81. The number of rotatable bonds is 6. The summed E-state index contributed by atoms with van der Waals surface area (Å²) in [4.78, 5) is 26.5. The number of carbonyl (C=O) groups is 2. The summed E-state index contributed by atoms with van der Waals surface area (Å²) in [7, 11) is 0. The van der Waals surface area contributed by atoms with Crippen LogP contribution in [-0.4, -0.2) is 65.7 Å². The minimum absolute atomic E-state index is 0.0311. The lowest BCUT2D eigenvalue weighted by Crippen LogP contribution is -2.55. The topological polar surface area (TPSA) is 72.9 Å². The van der Waals surface area contributed by atoms with Gasteiger partial charge in [0, 0.05) is 32.7 Å². The molecule has 1 aliphatic rings. The smallest absolute Gasteiger partial charge is 0.320 e. The molecule has 0 saturated carbocycles. The maximum atomic E-state index is 11.9. The summed E-state index contributed by atoms with van der Waals surface area (Å²) in [5.74, 6) is -0.149. The molecule has 1 aliphatic heterocycles. The lowest BCUT2D eigenvalue weighted by Gasteiger charge is -2.36. The summed E-state index contributed by atoms with van der Waals surface area (Å²) < 4.78 is 0. The highest BCUT2D eigenvalue weighted by Gasteiger charge is 2.26. The van der Waals surface area contributed by atoms with Gasteiger partial charge in [-0.15, -0.1) is 0 Å². The number of carbonyl (C=O) groups excluding carboxylic acids is 1. The molecule has 0 spiro atoms. The first-order chi connectivity index (χ1) is 9.41. The number of urea groups is 1. The lowest BCUT2D eigenvalue weighted by atomic mass is 10.1. The first-order valence-electron chi connectivity index (χ1n) is 7.41. The van der Waals surface area contributed by atoms with Crippen LogP contribution >= 0.6 is 0 Å². The molecule has 1 heterocycles. The zero-order valence-electron chi connectivity index (χ0n) is 12.8. The third-order valence-corrected chi connectivity index (χ3v) is 3.74. The van der Waals surface area contributed by atoms with Crippen molar-refractivity contribution in [2.45, 2.75) is 39.7 Å². The Kier molecular flexibility index (Phi) is 6.78. The fourth-order valence-electron chi connectivity index (χ4n) is 2.29. The van der Waals surface area contributed by atoms with Crippen LogP contribution in [0.2, 0.25) is 0 Å².